The van der Waals surface area contributed by atoms with Gasteiger partial charge in [-0.05, 0) is 56.0 Å². The van der Waals surface area contributed by atoms with Gasteiger partial charge in [0.05, 0.1) is 23.0 Å². The molecule has 2 aromatic carbocycles. The van der Waals surface area contributed by atoms with Crippen LogP contribution in [0.4, 0.5) is 0 Å². The molecule has 3 heterocycles. The second-order valence-electron chi connectivity index (χ2n) is 11.1. The number of para-hydroxylation sites is 1. The van der Waals surface area contributed by atoms with Crippen molar-refractivity contribution in [2.75, 3.05) is 19.7 Å². The van der Waals surface area contributed by atoms with E-state index >= 15 is 0 Å². The fourth-order valence-corrected chi connectivity index (χ4v) is 6.33. The zero-order valence-corrected chi connectivity index (χ0v) is 25.4. The first-order valence-electron chi connectivity index (χ1n) is 14.9. The summed E-state index contributed by atoms with van der Waals surface area (Å²) in [5.74, 6) is -1.40. The number of nitrogens with one attached hydrogen (secondary N) is 3. The molecule has 0 unspecified atom stereocenters. The van der Waals surface area contributed by atoms with Gasteiger partial charge >= 0.3 is 0 Å². The molecule has 232 valence electrons. The number of phenolic OH excluding ortho intramolecular Hbond substituents is 1. The SMILES string of the molecule is Cc1csc(CCCNC(=O)[C@@H]2CC(=O)N[C@@H](Cc3ccc(O)cc3)C(=O)N3CCC[C@@H]3COc3ccccc3C(=O)N2)n1. The highest BCUT2D eigenvalue weighted by molar-refractivity contribution is 7.09. The van der Waals surface area contributed by atoms with E-state index in [4.69, 9.17) is 4.74 Å². The van der Waals surface area contributed by atoms with Crippen molar-refractivity contribution in [3.63, 3.8) is 0 Å². The zero-order valence-electron chi connectivity index (χ0n) is 24.6. The van der Waals surface area contributed by atoms with Gasteiger partial charge in [-0.3, -0.25) is 19.2 Å². The lowest BCUT2D eigenvalue weighted by Crippen LogP contribution is -2.54. The van der Waals surface area contributed by atoms with E-state index < -0.39 is 29.8 Å². The Morgan fingerprint density at radius 3 is 2.70 bits per heavy atom. The van der Waals surface area contributed by atoms with Crippen LogP contribution in [0, 0.1) is 6.92 Å². The van der Waals surface area contributed by atoms with Crippen molar-refractivity contribution < 1.29 is 29.0 Å². The number of aryl methyl sites for hydroxylation is 2. The number of fused-ring (bicyclic) bond motifs is 2. The Hall–Kier alpha value is -4.45. The lowest BCUT2D eigenvalue weighted by molar-refractivity contribution is -0.138. The van der Waals surface area contributed by atoms with Crippen molar-refractivity contribution in [2.45, 2.75) is 63.6 Å². The Morgan fingerprint density at radius 2 is 1.93 bits per heavy atom. The monoisotopic (exact) mass is 619 g/mol. The van der Waals surface area contributed by atoms with E-state index in [9.17, 15) is 24.3 Å². The molecule has 0 radical (unpaired) electrons. The van der Waals surface area contributed by atoms with Crippen molar-refractivity contribution in [3.05, 3.63) is 75.7 Å². The molecule has 2 aliphatic rings. The summed E-state index contributed by atoms with van der Waals surface area (Å²) in [6, 6.07) is 10.9. The molecule has 4 N–H and O–H groups in total. The quantitative estimate of drug-likeness (QED) is 0.297. The lowest BCUT2D eigenvalue weighted by Gasteiger charge is -2.30. The molecule has 0 spiro atoms. The molecular weight excluding hydrogens is 582 g/mol. The number of carbonyl (C=O) groups is 4. The Labute approximate surface area is 260 Å². The van der Waals surface area contributed by atoms with Crippen molar-refractivity contribution in [3.8, 4) is 11.5 Å². The smallest absolute Gasteiger partial charge is 0.255 e. The number of thiazole rings is 1. The molecule has 1 saturated heterocycles. The number of hydrogen-bond donors (Lipinski definition) is 4. The number of benzene rings is 2. The topological polar surface area (TPSA) is 150 Å². The van der Waals surface area contributed by atoms with Gasteiger partial charge in [0, 0.05) is 37.0 Å². The van der Waals surface area contributed by atoms with Gasteiger partial charge in [-0.2, -0.15) is 0 Å². The van der Waals surface area contributed by atoms with E-state index in [1.165, 1.54) is 12.1 Å². The summed E-state index contributed by atoms with van der Waals surface area (Å²) in [4.78, 5) is 60.2. The maximum absolute atomic E-state index is 13.9. The molecule has 1 aromatic heterocycles. The minimum Gasteiger partial charge on any atom is -0.508 e. The molecule has 4 amide bonds. The lowest BCUT2D eigenvalue weighted by atomic mass is 10.0. The second kappa shape index (κ2) is 14.3. The van der Waals surface area contributed by atoms with E-state index in [1.54, 1.807) is 52.6 Å². The summed E-state index contributed by atoms with van der Waals surface area (Å²) >= 11 is 1.56. The molecule has 3 aromatic rings. The molecule has 3 atom stereocenters. The number of ether oxygens (including phenoxy) is 1. The minimum atomic E-state index is -1.19. The first kappa shape index (κ1) is 31.0. The third-order valence-corrected chi connectivity index (χ3v) is 8.80. The van der Waals surface area contributed by atoms with Crippen LogP contribution in [-0.2, 0) is 27.2 Å². The van der Waals surface area contributed by atoms with Gasteiger partial charge < -0.3 is 30.7 Å². The van der Waals surface area contributed by atoms with Crippen molar-refractivity contribution >= 4 is 35.0 Å². The number of aromatic hydroxyl groups is 1. The van der Waals surface area contributed by atoms with Crippen molar-refractivity contribution in [1.82, 2.24) is 25.8 Å². The fraction of sp³-hybridized carbons (Fsp3) is 0.406. The van der Waals surface area contributed by atoms with Gasteiger partial charge in [0.1, 0.15) is 30.2 Å². The normalized spacial score (nSPS) is 20.9. The number of carbonyl (C=O) groups excluding carboxylic acids is 4. The van der Waals surface area contributed by atoms with Gasteiger partial charge in [0.25, 0.3) is 5.91 Å². The van der Waals surface area contributed by atoms with Crippen LogP contribution in [0.3, 0.4) is 0 Å². The number of nitrogens with zero attached hydrogens (tertiary/aromatic N) is 2. The van der Waals surface area contributed by atoms with Crippen LogP contribution in [0.2, 0.25) is 0 Å². The fourth-order valence-electron chi connectivity index (χ4n) is 5.51. The van der Waals surface area contributed by atoms with E-state index in [2.05, 4.69) is 20.9 Å². The molecule has 1 fully saturated rings. The van der Waals surface area contributed by atoms with Crippen LogP contribution in [0.5, 0.6) is 11.5 Å². The molecule has 44 heavy (non-hydrogen) atoms. The predicted octanol–water partition coefficient (Wildman–Crippen LogP) is 2.51. The largest absolute Gasteiger partial charge is 0.508 e. The van der Waals surface area contributed by atoms with Crippen molar-refractivity contribution in [2.24, 2.45) is 0 Å². The van der Waals surface area contributed by atoms with Crippen LogP contribution < -0.4 is 20.7 Å². The van der Waals surface area contributed by atoms with Crippen LogP contribution in [-0.4, -0.2) is 76.4 Å². The number of amides is 4. The van der Waals surface area contributed by atoms with Crippen molar-refractivity contribution in [1.29, 1.82) is 0 Å². The number of rotatable bonds is 7. The van der Waals surface area contributed by atoms with Gasteiger partial charge in [0.2, 0.25) is 17.7 Å². The molecule has 12 heteroatoms. The minimum absolute atomic E-state index is 0.0958. The van der Waals surface area contributed by atoms with Gasteiger partial charge in [-0.25, -0.2) is 4.98 Å². The maximum atomic E-state index is 13.9. The Morgan fingerprint density at radius 1 is 1.14 bits per heavy atom. The standard InChI is InChI=1S/C32H37N5O6S/c1-20-19-44-29(34-20)9-4-14-33-31(41)25-17-28(39)35-26(16-21-10-12-23(38)13-11-21)32(42)37-15-5-6-22(37)18-43-27-8-3-2-7-24(27)30(40)36-25/h2-3,7-8,10-13,19,22,25-26,38H,4-6,9,14-18H2,1H3,(H,33,41)(H,35,39)(H,36,40)/t22-,25+,26+/m1/s1. The van der Waals surface area contributed by atoms with Gasteiger partial charge in [-0.1, -0.05) is 24.3 Å². The van der Waals surface area contributed by atoms with E-state index in [-0.39, 0.29) is 42.7 Å². The summed E-state index contributed by atoms with van der Waals surface area (Å²) in [6.07, 6.45) is 2.67. The highest BCUT2D eigenvalue weighted by Gasteiger charge is 2.36. The van der Waals surface area contributed by atoms with Crippen LogP contribution in [0.15, 0.2) is 53.9 Å². The Kier molecular flexibility index (Phi) is 10.1. The predicted molar refractivity (Wildman–Crippen MR) is 164 cm³/mol. The molecule has 2 aliphatic heterocycles. The summed E-state index contributed by atoms with van der Waals surface area (Å²) in [5, 5.41) is 21.1. The van der Waals surface area contributed by atoms with E-state index in [1.807, 2.05) is 12.3 Å². The third kappa shape index (κ3) is 7.93. The number of aromatic nitrogens is 1. The van der Waals surface area contributed by atoms with Crippen LogP contribution in [0.1, 0.15) is 52.3 Å². The maximum Gasteiger partial charge on any atom is 0.255 e. The van der Waals surface area contributed by atoms with Crippen LogP contribution >= 0.6 is 11.3 Å². The number of phenols is 1. The highest BCUT2D eigenvalue weighted by Crippen LogP contribution is 2.24. The summed E-state index contributed by atoms with van der Waals surface area (Å²) in [5.41, 5.74) is 1.94. The second-order valence-corrected chi connectivity index (χ2v) is 12.1. The highest BCUT2D eigenvalue weighted by atomic mass is 32.1. The summed E-state index contributed by atoms with van der Waals surface area (Å²) < 4.78 is 6.10. The van der Waals surface area contributed by atoms with Gasteiger partial charge in [-0.15, -0.1) is 11.3 Å². The molecular formula is C32H37N5O6S. The summed E-state index contributed by atoms with van der Waals surface area (Å²) in [7, 11) is 0. The molecule has 0 bridgehead atoms. The average molecular weight is 620 g/mol. The third-order valence-electron chi connectivity index (χ3n) is 7.78. The van der Waals surface area contributed by atoms with Gasteiger partial charge in [0.15, 0.2) is 0 Å². The Bertz CT molecular complexity index is 1490. The molecule has 11 nitrogen and oxygen atoms in total. The first-order chi connectivity index (χ1) is 21.3. The van der Waals surface area contributed by atoms with Crippen LogP contribution in [0.25, 0.3) is 0 Å². The average Bonchev–Trinajstić information content (AvgIpc) is 3.66. The Balaban J connectivity index is 1.37. The molecule has 0 aliphatic carbocycles. The zero-order chi connectivity index (χ0) is 31.1. The first-order valence-corrected chi connectivity index (χ1v) is 15.7. The summed E-state index contributed by atoms with van der Waals surface area (Å²) in [6.45, 7) is 2.96. The van der Waals surface area contributed by atoms with E-state index in [0.29, 0.717) is 31.7 Å². The number of hydrogen-bond acceptors (Lipinski definition) is 8. The molecule has 5 rings (SSSR count). The van der Waals surface area contributed by atoms with E-state index in [0.717, 1.165) is 29.1 Å². The molecule has 0 saturated carbocycles.